The Kier molecular flexibility index (Phi) is 4.17. The summed E-state index contributed by atoms with van der Waals surface area (Å²) in [5, 5.41) is 6.10. The lowest BCUT2D eigenvalue weighted by atomic mass is 10.0. The molecule has 1 aromatic carbocycles. The van der Waals surface area contributed by atoms with Crippen molar-refractivity contribution in [1.82, 2.24) is 15.5 Å². The summed E-state index contributed by atoms with van der Waals surface area (Å²) in [6.45, 7) is 1.33. The van der Waals surface area contributed by atoms with Gasteiger partial charge in [-0.15, -0.1) is 0 Å². The van der Waals surface area contributed by atoms with Gasteiger partial charge in [-0.3, -0.25) is 4.79 Å². The summed E-state index contributed by atoms with van der Waals surface area (Å²) in [6, 6.07) is 8.45. The summed E-state index contributed by atoms with van der Waals surface area (Å²) in [7, 11) is 0. The van der Waals surface area contributed by atoms with Crippen LogP contribution in [0.2, 0.25) is 0 Å². The summed E-state index contributed by atoms with van der Waals surface area (Å²) in [6.07, 6.45) is 6.01. The van der Waals surface area contributed by atoms with Crippen LogP contribution in [0.15, 0.2) is 24.3 Å². The Labute approximate surface area is 142 Å². The maximum absolute atomic E-state index is 12.6. The number of nitrogens with zero attached hydrogens (tertiary/aromatic N) is 1. The van der Waals surface area contributed by atoms with E-state index < -0.39 is 0 Å². The van der Waals surface area contributed by atoms with E-state index in [4.69, 9.17) is 0 Å². The minimum absolute atomic E-state index is 0.0244. The molecule has 2 atom stereocenters. The molecule has 1 saturated carbocycles. The van der Waals surface area contributed by atoms with E-state index >= 15 is 0 Å². The van der Waals surface area contributed by atoms with E-state index in [1.165, 1.54) is 11.1 Å². The van der Waals surface area contributed by atoms with E-state index in [0.717, 1.165) is 38.5 Å². The number of aryl methyl sites for hydroxylation is 1. The van der Waals surface area contributed by atoms with E-state index in [1.807, 2.05) is 0 Å². The van der Waals surface area contributed by atoms with Crippen LogP contribution >= 0.6 is 0 Å². The Balaban J connectivity index is 1.33. The summed E-state index contributed by atoms with van der Waals surface area (Å²) < 4.78 is 0. The van der Waals surface area contributed by atoms with Gasteiger partial charge >= 0.3 is 6.03 Å². The van der Waals surface area contributed by atoms with E-state index in [0.29, 0.717) is 25.0 Å². The van der Waals surface area contributed by atoms with Gasteiger partial charge < -0.3 is 15.5 Å². The van der Waals surface area contributed by atoms with Crippen LogP contribution < -0.4 is 10.6 Å². The smallest absolute Gasteiger partial charge is 0.318 e. The van der Waals surface area contributed by atoms with Crippen LogP contribution in [0.25, 0.3) is 0 Å². The molecule has 0 aromatic heterocycles. The largest absolute Gasteiger partial charge is 0.352 e. The van der Waals surface area contributed by atoms with Crippen LogP contribution in [0.5, 0.6) is 0 Å². The second kappa shape index (κ2) is 6.46. The average Bonchev–Trinajstić information content (AvgIpc) is 3.13. The number of likely N-dealkylation sites (tertiary alicyclic amines) is 1. The molecule has 3 amide bonds. The Hall–Kier alpha value is -2.04. The molecule has 5 heteroatoms. The molecule has 5 nitrogen and oxygen atoms in total. The Bertz CT molecular complexity index is 641. The van der Waals surface area contributed by atoms with Gasteiger partial charge in [0, 0.05) is 25.0 Å². The summed E-state index contributed by atoms with van der Waals surface area (Å²) in [4.78, 5) is 26.6. The third-order valence-corrected chi connectivity index (χ3v) is 5.50. The third kappa shape index (κ3) is 3.12. The number of fused-ring (bicyclic) bond motifs is 1. The number of hydrogen-bond acceptors (Lipinski definition) is 2. The fourth-order valence-electron chi connectivity index (χ4n) is 3.98. The molecule has 1 heterocycles. The molecular formula is C19H25N3O2. The first-order valence-corrected chi connectivity index (χ1v) is 9.15. The molecular weight excluding hydrogens is 302 g/mol. The quantitative estimate of drug-likeness (QED) is 0.890. The van der Waals surface area contributed by atoms with Crippen molar-refractivity contribution < 1.29 is 9.59 Å². The SMILES string of the molecule is O=C(NC1CC1)[C@@H]1CCCN1C(=O)NC[C@H]1CCc2ccccc21. The fraction of sp³-hybridized carbons (Fsp3) is 0.579. The first kappa shape index (κ1) is 15.5. The van der Waals surface area contributed by atoms with Crippen molar-refractivity contribution in [3.8, 4) is 0 Å². The molecule has 0 spiro atoms. The molecule has 128 valence electrons. The van der Waals surface area contributed by atoms with Gasteiger partial charge in [0.1, 0.15) is 6.04 Å². The molecule has 2 N–H and O–H groups in total. The van der Waals surface area contributed by atoms with Crippen molar-refractivity contribution >= 4 is 11.9 Å². The van der Waals surface area contributed by atoms with Gasteiger partial charge in [0.05, 0.1) is 0 Å². The Morgan fingerprint density at radius 1 is 1.12 bits per heavy atom. The van der Waals surface area contributed by atoms with Gasteiger partial charge in [-0.05, 0) is 49.7 Å². The minimum Gasteiger partial charge on any atom is -0.352 e. The van der Waals surface area contributed by atoms with Crippen LogP contribution in [-0.2, 0) is 11.2 Å². The maximum atomic E-state index is 12.6. The van der Waals surface area contributed by atoms with Crippen molar-refractivity contribution in [2.45, 2.75) is 56.5 Å². The molecule has 1 aromatic rings. The lowest BCUT2D eigenvalue weighted by Crippen LogP contribution is -2.50. The molecule has 24 heavy (non-hydrogen) atoms. The first-order chi connectivity index (χ1) is 11.7. The van der Waals surface area contributed by atoms with Crippen LogP contribution in [0, 0.1) is 0 Å². The van der Waals surface area contributed by atoms with Crippen LogP contribution in [0.3, 0.4) is 0 Å². The van der Waals surface area contributed by atoms with E-state index in [1.54, 1.807) is 4.90 Å². The molecule has 1 aliphatic heterocycles. The van der Waals surface area contributed by atoms with Gasteiger partial charge in [0.2, 0.25) is 5.91 Å². The van der Waals surface area contributed by atoms with Crippen molar-refractivity contribution in [2.24, 2.45) is 0 Å². The van der Waals surface area contributed by atoms with Crippen LogP contribution in [0.1, 0.15) is 49.1 Å². The first-order valence-electron chi connectivity index (χ1n) is 9.15. The van der Waals surface area contributed by atoms with Gasteiger partial charge in [-0.2, -0.15) is 0 Å². The predicted octanol–water partition coefficient (Wildman–Crippen LogP) is 2.17. The van der Waals surface area contributed by atoms with E-state index in [9.17, 15) is 9.59 Å². The zero-order chi connectivity index (χ0) is 16.5. The molecule has 1 saturated heterocycles. The lowest BCUT2D eigenvalue weighted by Gasteiger charge is -2.25. The molecule has 3 aliphatic rings. The monoisotopic (exact) mass is 327 g/mol. The normalized spacial score (nSPS) is 25.4. The van der Waals surface area contributed by atoms with Crippen molar-refractivity contribution in [3.05, 3.63) is 35.4 Å². The minimum atomic E-state index is -0.290. The van der Waals surface area contributed by atoms with Crippen LogP contribution in [0.4, 0.5) is 4.79 Å². The highest BCUT2D eigenvalue weighted by Gasteiger charge is 2.36. The second-order valence-electron chi connectivity index (χ2n) is 7.25. The third-order valence-electron chi connectivity index (χ3n) is 5.50. The summed E-state index contributed by atoms with van der Waals surface area (Å²) >= 11 is 0. The zero-order valence-corrected chi connectivity index (χ0v) is 14.0. The average molecular weight is 327 g/mol. The Morgan fingerprint density at radius 2 is 1.96 bits per heavy atom. The highest BCUT2D eigenvalue weighted by Crippen LogP contribution is 2.32. The van der Waals surface area contributed by atoms with Gasteiger partial charge in [-0.1, -0.05) is 24.3 Å². The zero-order valence-electron chi connectivity index (χ0n) is 14.0. The van der Waals surface area contributed by atoms with Crippen LogP contribution in [-0.4, -0.2) is 42.0 Å². The molecule has 0 unspecified atom stereocenters. The summed E-state index contributed by atoms with van der Waals surface area (Å²) in [5.41, 5.74) is 2.77. The molecule has 0 bridgehead atoms. The lowest BCUT2D eigenvalue weighted by molar-refractivity contribution is -0.124. The molecule has 2 aliphatic carbocycles. The molecule has 4 rings (SSSR count). The highest BCUT2D eigenvalue weighted by molar-refractivity contribution is 5.88. The number of urea groups is 1. The van der Waals surface area contributed by atoms with E-state index in [2.05, 4.69) is 34.9 Å². The topological polar surface area (TPSA) is 61.4 Å². The number of rotatable bonds is 4. The van der Waals surface area contributed by atoms with Crippen molar-refractivity contribution in [2.75, 3.05) is 13.1 Å². The predicted molar refractivity (Wildman–Crippen MR) is 91.8 cm³/mol. The highest BCUT2D eigenvalue weighted by atomic mass is 16.2. The number of carbonyl (C=O) groups is 2. The number of amides is 3. The standard InChI is InChI=1S/C19H25N3O2/c23-18(21-15-9-10-15)17-6-3-11-22(17)19(24)20-12-14-8-7-13-4-1-2-5-16(13)14/h1-2,4-5,14-15,17H,3,6-12H2,(H,20,24)(H,21,23)/t14-,17+/m1/s1. The van der Waals surface area contributed by atoms with E-state index in [-0.39, 0.29) is 18.0 Å². The summed E-state index contributed by atoms with van der Waals surface area (Å²) in [5.74, 6) is 0.419. The number of benzene rings is 1. The maximum Gasteiger partial charge on any atom is 0.318 e. The van der Waals surface area contributed by atoms with Gasteiger partial charge in [-0.25, -0.2) is 4.79 Å². The number of carbonyl (C=O) groups excluding carboxylic acids is 2. The van der Waals surface area contributed by atoms with Gasteiger partial charge in [0.25, 0.3) is 0 Å². The van der Waals surface area contributed by atoms with Gasteiger partial charge in [0.15, 0.2) is 0 Å². The molecule has 2 fully saturated rings. The number of nitrogens with one attached hydrogen (secondary N) is 2. The van der Waals surface area contributed by atoms with Crippen molar-refractivity contribution in [1.29, 1.82) is 0 Å². The molecule has 0 radical (unpaired) electrons. The van der Waals surface area contributed by atoms with Crippen molar-refractivity contribution in [3.63, 3.8) is 0 Å². The second-order valence-corrected chi connectivity index (χ2v) is 7.25. The Morgan fingerprint density at radius 3 is 2.79 bits per heavy atom. The fourth-order valence-corrected chi connectivity index (χ4v) is 3.98. The number of hydrogen-bond donors (Lipinski definition) is 2.